The summed E-state index contributed by atoms with van der Waals surface area (Å²) in [5, 5.41) is 0. The molecule has 0 spiro atoms. The van der Waals surface area contributed by atoms with E-state index in [-0.39, 0.29) is 0 Å². The van der Waals surface area contributed by atoms with Crippen LogP contribution in [0.25, 0.3) is 11.0 Å². The summed E-state index contributed by atoms with van der Waals surface area (Å²) >= 11 is 0. The van der Waals surface area contributed by atoms with Crippen molar-refractivity contribution < 1.29 is 9.47 Å². The summed E-state index contributed by atoms with van der Waals surface area (Å²) in [7, 11) is 0. The number of ether oxygens (including phenoxy) is 2. The van der Waals surface area contributed by atoms with Crippen LogP contribution in [0, 0.1) is 0 Å². The third-order valence-corrected chi connectivity index (χ3v) is 3.39. The van der Waals surface area contributed by atoms with Crippen LogP contribution in [0.15, 0.2) is 12.1 Å². The van der Waals surface area contributed by atoms with Gasteiger partial charge in [-0.15, -0.1) is 0 Å². The van der Waals surface area contributed by atoms with Crippen molar-refractivity contribution in [1.29, 1.82) is 0 Å². The first-order valence-corrected chi connectivity index (χ1v) is 6.82. The van der Waals surface area contributed by atoms with Crippen LogP contribution < -0.4 is 15.2 Å². The second-order valence-corrected chi connectivity index (χ2v) is 4.66. The second-order valence-electron chi connectivity index (χ2n) is 4.66. The van der Waals surface area contributed by atoms with Crippen molar-refractivity contribution in [2.45, 2.75) is 26.3 Å². The molecule has 19 heavy (non-hydrogen) atoms. The van der Waals surface area contributed by atoms with E-state index in [4.69, 9.17) is 15.2 Å². The average Bonchev–Trinajstić information content (AvgIpc) is 2.79. The van der Waals surface area contributed by atoms with Crippen molar-refractivity contribution in [3.05, 3.63) is 18.0 Å². The van der Waals surface area contributed by atoms with Gasteiger partial charge in [0.05, 0.1) is 11.0 Å². The van der Waals surface area contributed by atoms with Gasteiger partial charge in [-0.05, 0) is 13.0 Å². The minimum Gasteiger partial charge on any atom is -0.486 e. The van der Waals surface area contributed by atoms with Crippen LogP contribution in [-0.4, -0.2) is 29.3 Å². The summed E-state index contributed by atoms with van der Waals surface area (Å²) in [5.41, 5.74) is 7.69. The summed E-state index contributed by atoms with van der Waals surface area (Å²) in [4.78, 5) is 4.68. The zero-order valence-corrected chi connectivity index (χ0v) is 11.2. The molecule has 2 N–H and O–H groups in total. The number of nitrogens with two attached hydrogens (primary N) is 1. The molecule has 0 radical (unpaired) electrons. The quantitative estimate of drug-likeness (QED) is 0.910. The van der Waals surface area contributed by atoms with Gasteiger partial charge >= 0.3 is 0 Å². The molecule has 0 saturated carbocycles. The minimum atomic E-state index is 0.604. The molecule has 2 aromatic rings. The largest absolute Gasteiger partial charge is 0.486 e. The second kappa shape index (κ2) is 5.09. The van der Waals surface area contributed by atoms with Crippen LogP contribution in [0.3, 0.4) is 0 Å². The molecule has 0 bridgehead atoms. The lowest BCUT2D eigenvalue weighted by molar-refractivity contribution is 0.172. The number of imidazole rings is 1. The molecule has 1 aromatic heterocycles. The zero-order chi connectivity index (χ0) is 13.2. The molecule has 5 nitrogen and oxygen atoms in total. The predicted molar refractivity (Wildman–Crippen MR) is 73.8 cm³/mol. The molecule has 2 heterocycles. The van der Waals surface area contributed by atoms with Gasteiger partial charge in [0.25, 0.3) is 0 Å². The van der Waals surface area contributed by atoms with Gasteiger partial charge in [0.2, 0.25) is 0 Å². The van der Waals surface area contributed by atoms with E-state index >= 15 is 0 Å². The first-order chi connectivity index (χ1) is 9.33. The van der Waals surface area contributed by atoms with E-state index in [1.807, 2.05) is 12.1 Å². The lowest BCUT2D eigenvalue weighted by atomic mass is 10.2. The first-order valence-electron chi connectivity index (χ1n) is 6.82. The average molecular weight is 261 g/mol. The SMILES string of the molecule is CCc1nc2cc3c(cc2n1CCCN)OCCO3. The number of aryl methyl sites for hydroxylation is 2. The Morgan fingerprint density at radius 1 is 1.26 bits per heavy atom. The standard InChI is InChI=1S/C14H19N3O2/c1-2-14-16-10-8-12-13(19-7-6-18-12)9-11(10)17(14)5-3-4-15/h8-9H,2-7,15H2,1H3. The van der Waals surface area contributed by atoms with Gasteiger partial charge in [-0.1, -0.05) is 6.92 Å². The van der Waals surface area contributed by atoms with Gasteiger partial charge in [0.1, 0.15) is 19.0 Å². The Hall–Kier alpha value is -1.75. The van der Waals surface area contributed by atoms with Crippen LogP contribution in [0.1, 0.15) is 19.2 Å². The highest BCUT2D eigenvalue weighted by Crippen LogP contribution is 2.34. The maximum Gasteiger partial charge on any atom is 0.163 e. The molecule has 0 amide bonds. The maximum absolute atomic E-state index is 5.64. The topological polar surface area (TPSA) is 62.3 Å². The number of benzene rings is 1. The molecule has 102 valence electrons. The van der Waals surface area contributed by atoms with Crippen LogP contribution >= 0.6 is 0 Å². The van der Waals surface area contributed by atoms with Crippen LogP contribution in [0.2, 0.25) is 0 Å². The van der Waals surface area contributed by atoms with Crippen molar-refractivity contribution in [2.24, 2.45) is 5.73 Å². The third kappa shape index (κ3) is 2.14. The van der Waals surface area contributed by atoms with Crippen LogP contribution in [0.4, 0.5) is 0 Å². The molecule has 0 unspecified atom stereocenters. The van der Waals surface area contributed by atoms with E-state index in [0.29, 0.717) is 19.8 Å². The lowest BCUT2D eigenvalue weighted by Gasteiger charge is -2.18. The molecule has 1 aromatic carbocycles. The molecule has 3 rings (SSSR count). The number of fused-ring (bicyclic) bond motifs is 2. The van der Waals surface area contributed by atoms with Crippen LogP contribution in [-0.2, 0) is 13.0 Å². The third-order valence-electron chi connectivity index (χ3n) is 3.39. The number of aromatic nitrogens is 2. The van der Waals surface area contributed by atoms with Crippen molar-refractivity contribution in [2.75, 3.05) is 19.8 Å². The number of hydrogen-bond donors (Lipinski definition) is 1. The smallest absolute Gasteiger partial charge is 0.163 e. The van der Waals surface area contributed by atoms with E-state index in [1.165, 1.54) is 0 Å². The number of nitrogens with zero attached hydrogens (tertiary/aromatic N) is 2. The van der Waals surface area contributed by atoms with E-state index in [1.54, 1.807) is 0 Å². The highest BCUT2D eigenvalue weighted by molar-refractivity contribution is 5.80. The van der Waals surface area contributed by atoms with E-state index in [9.17, 15) is 0 Å². The van der Waals surface area contributed by atoms with Gasteiger partial charge in [0.15, 0.2) is 11.5 Å². The molecule has 0 aliphatic carbocycles. The first kappa shape index (κ1) is 12.3. The number of rotatable bonds is 4. The summed E-state index contributed by atoms with van der Waals surface area (Å²) in [6, 6.07) is 4.01. The van der Waals surface area contributed by atoms with Crippen molar-refractivity contribution in [3.8, 4) is 11.5 Å². The lowest BCUT2D eigenvalue weighted by Crippen LogP contribution is -2.15. The monoisotopic (exact) mass is 261 g/mol. The number of hydrogen-bond acceptors (Lipinski definition) is 4. The van der Waals surface area contributed by atoms with Gasteiger partial charge in [-0.25, -0.2) is 4.98 Å². The maximum atomic E-state index is 5.64. The van der Waals surface area contributed by atoms with Crippen molar-refractivity contribution >= 4 is 11.0 Å². The Balaban J connectivity index is 2.11. The molecule has 5 heteroatoms. The highest BCUT2D eigenvalue weighted by atomic mass is 16.6. The Labute approximate surface area is 112 Å². The molecule has 0 saturated heterocycles. The Morgan fingerprint density at radius 2 is 2.00 bits per heavy atom. The molecular weight excluding hydrogens is 242 g/mol. The molecular formula is C14H19N3O2. The van der Waals surface area contributed by atoms with Crippen molar-refractivity contribution in [1.82, 2.24) is 9.55 Å². The van der Waals surface area contributed by atoms with E-state index < -0.39 is 0 Å². The predicted octanol–water partition coefficient (Wildman–Crippen LogP) is 1.72. The van der Waals surface area contributed by atoms with Gasteiger partial charge < -0.3 is 19.8 Å². The van der Waals surface area contributed by atoms with Crippen molar-refractivity contribution in [3.63, 3.8) is 0 Å². The van der Waals surface area contributed by atoms with Gasteiger partial charge in [-0.3, -0.25) is 0 Å². The summed E-state index contributed by atoms with van der Waals surface area (Å²) in [6.07, 6.45) is 1.86. The zero-order valence-electron chi connectivity index (χ0n) is 11.2. The summed E-state index contributed by atoms with van der Waals surface area (Å²) < 4.78 is 13.5. The Kier molecular flexibility index (Phi) is 3.29. The molecule has 1 aliphatic rings. The highest BCUT2D eigenvalue weighted by Gasteiger charge is 2.17. The fourth-order valence-corrected chi connectivity index (χ4v) is 2.48. The molecule has 0 fully saturated rings. The van der Waals surface area contributed by atoms with E-state index in [0.717, 1.165) is 47.7 Å². The fourth-order valence-electron chi connectivity index (χ4n) is 2.48. The molecule has 0 atom stereocenters. The summed E-state index contributed by atoms with van der Waals surface area (Å²) in [5.74, 6) is 2.70. The van der Waals surface area contributed by atoms with E-state index in [2.05, 4.69) is 16.5 Å². The van der Waals surface area contributed by atoms with Gasteiger partial charge in [0, 0.05) is 25.1 Å². The Bertz CT molecular complexity index is 592. The normalized spacial score (nSPS) is 14.0. The van der Waals surface area contributed by atoms with Gasteiger partial charge in [-0.2, -0.15) is 0 Å². The summed E-state index contributed by atoms with van der Waals surface area (Å²) in [6.45, 7) is 4.92. The molecule has 1 aliphatic heterocycles. The fraction of sp³-hybridized carbons (Fsp3) is 0.500. The van der Waals surface area contributed by atoms with Crippen LogP contribution in [0.5, 0.6) is 11.5 Å². The Morgan fingerprint density at radius 3 is 2.68 bits per heavy atom. The minimum absolute atomic E-state index is 0.604.